The van der Waals surface area contributed by atoms with E-state index in [2.05, 4.69) is 15.9 Å². The lowest BCUT2D eigenvalue weighted by atomic mass is 10.3. The van der Waals surface area contributed by atoms with E-state index in [9.17, 15) is 18.5 Å². The number of hydrogen-bond donors (Lipinski definition) is 1. The Labute approximate surface area is 130 Å². The summed E-state index contributed by atoms with van der Waals surface area (Å²) in [5, 5.41) is 10.7. The summed E-state index contributed by atoms with van der Waals surface area (Å²) in [5.41, 5.74) is 5.52. The van der Waals surface area contributed by atoms with E-state index in [-0.39, 0.29) is 40.0 Å². The van der Waals surface area contributed by atoms with Gasteiger partial charge in [-0.2, -0.15) is 4.31 Å². The Hall–Kier alpha value is -0.740. The fourth-order valence-electron chi connectivity index (χ4n) is 1.92. The molecule has 2 rings (SSSR count). The molecule has 10 heteroatoms. The van der Waals surface area contributed by atoms with Crippen molar-refractivity contribution in [1.82, 2.24) is 4.31 Å². The highest BCUT2D eigenvalue weighted by Crippen LogP contribution is 2.29. The maximum atomic E-state index is 12.3. The Morgan fingerprint density at radius 2 is 2.10 bits per heavy atom. The van der Waals surface area contributed by atoms with Gasteiger partial charge in [0.15, 0.2) is 0 Å². The molecular formula is C10H13BrClN3O4S. The summed E-state index contributed by atoms with van der Waals surface area (Å²) in [6.07, 6.45) is 0.618. The van der Waals surface area contributed by atoms with E-state index in [4.69, 9.17) is 5.73 Å². The van der Waals surface area contributed by atoms with Crippen LogP contribution in [0.5, 0.6) is 0 Å². The largest absolute Gasteiger partial charge is 0.326 e. The van der Waals surface area contributed by atoms with E-state index in [0.29, 0.717) is 13.0 Å². The third-order valence-electron chi connectivity index (χ3n) is 2.94. The van der Waals surface area contributed by atoms with Crippen LogP contribution in [0.25, 0.3) is 0 Å². The summed E-state index contributed by atoms with van der Waals surface area (Å²) in [5.74, 6) is 0. The number of hydrogen-bond acceptors (Lipinski definition) is 5. The van der Waals surface area contributed by atoms with E-state index < -0.39 is 14.9 Å². The smallest absolute Gasteiger partial charge is 0.283 e. The first-order valence-electron chi connectivity index (χ1n) is 5.52. The molecule has 1 fully saturated rings. The predicted molar refractivity (Wildman–Crippen MR) is 79.4 cm³/mol. The molecule has 112 valence electrons. The highest BCUT2D eigenvalue weighted by atomic mass is 79.9. The van der Waals surface area contributed by atoms with Gasteiger partial charge in [0.1, 0.15) is 0 Å². The summed E-state index contributed by atoms with van der Waals surface area (Å²) in [6, 6.07) is 3.50. The normalized spacial score (nSPS) is 19.6. The third kappa shape index (κ3) is 3.29. The highest BCUT2D eigenvalue weighted by molar-refractivity contribution is 9.10. The summed E-state index contributed by atoms with van der Waals surface area (Å²) in [4.78, 5) is 10.1. The van der Waals surface area contributed by atoms with Gasteiger partial charge in [-0.1, -0.05) is 0 Å². The third-order valence-corrected chi connectivity index (χ3v) is 5.44. The van der Waals surface area contributed by atoms with E-state index in [1.54, 1.807) is 0 Å². The fraction of sp³-hybridized carbons (Fsp3) is 0.400. The molecule has 2 N–H and O–H groups in total. The van der Waals surface area contributed by atoms with Crippen molar-refractivity contribution in [3.8, 4) is 0 Å². The van der Waals surface area contributed by atoms with Gasteiger partial charge >= 0.3 is 0 Å². The second-order valence-corrected chi connectivity index (χ2v) is 7.07. The van der Waals surface area contributed by atoms with Gasteiger partial charge in [0.2, 0.25) is 10.0 Å². The minimum atomic E-state index is -3.64. The van der Waals surface area contributed by atoms with Gasteiger partial charge in [-0.3, -0.25) is 10.1 Å². The molecule has 1 atom stereocenters. The Kier molecular flexibility index (Phi) is 5.50. The summed E-state index contributed by atoms with van der Waals surface area (Å²) in [6.45, 7) is 0.648. The lowest BCUT2D eigenvalue weighted by molar-refractivity contribution is -0.385. The fourth-order valence-corrected chi connectivity index (χ4v) is 4.13. The van der Waals surface area contributed by atoms with Gasteiger partial charge in [0.25, 0.3) is 5.69 Å². The molecule has 1 aliphatic heterocycles. The molecule has 7 nitrogen and oxygen atoms in total. The summed E-state index contributed by atoms with van der Waals surface area (Å²) in [7, 11) is -3.64. The van der Waals surface area contributed by atoms with E-state index in [0.717, 1.165) is 0 Å². The molecule has 1 heterocycles. The molecule has 0 spiro atoms. The molecule has 1 aromatic carbocycles. The van der Waals surface area contributed by atoms with Crippen molar-refractivity contribution in [2.45, 2.75) is 17.4 Å². The van der Waals surface area contributed by atoms with Crippen LogP contribution in [0.3, 0.4) is 0 Å². The average Bonchev–Trinajstić information content (AvgIpc) is 2.76. The molecule has 0 aliphatic carbocycles. The quantitative estimate of drug-likeness (QED) is 0.626. The van der Waals surface area contributed by atoms with Crippen molar-refractivity contribution in [3.05, 3.63) is 32.8 Å². The second kappa shape index (κ2) is 6.35. The number of nitro benzene ring substituents is 1. The van der Waals surface area contributed by atoms with E-state index in [1.165, 1.54) is 22.5 Å². The Morgan fingerprint density at radius 3 is 2.55 bits per heavy atom. The molecule has 0 bridgehead atoms. The predicted octanol–water partition coefficient (Wildman–Crippen LogP) is 1.50. The van der Waals surface area contributed by atoms with Gasteiger partial charge in [-0.25, -0.2) is 8.42 Å². The minimum absolute atomic E-state index is 0. The number of sulfonamides is 1. The van der Waals surface area contributed by atoms with Crippen LogP contribution in [0.4, 0.5) is 5.69 Å². The molecule has 0 saturated carbocycles. The van der Waals surface area contributed by atoms with Crippen LogP contribution in [0, 0.1) is 10.1 Å². The number of rotatable bonds is 3. The van der Waals surface area contributed by atoms with Crippen molar-refractivity contribution in [2.24, 2.45) is 5.73 Å². The number of benzene rings is 1. The first kappa shape index (κ1) is 17.3. The Balaban J connectivity index is 0.00000200. The van der Waals surface area contributed by atoms with Crippen molar-refractivity contribution >= 4 is 44.0 Å². The number of nitro groups is 1. The van der Waals surface area contributed by atoms with Crippen molar-refractivity contribution in [1.29, 1.82) is 0 Å². The van der Waals surface area contributed by atoms with E-state index >= 15 is 0 Å². The number of nitrogens with zero attached hydrogens (tertiary/aromatic N) is 2. The van der Waals surface area contributed by atoms with Gasteiger partial charge in [-0.15, -0.1) is 12.4 Å². The molecular weight excluding hydrogens is 374 g/mol. The first-order chi connectivity index (χ1) is 8.82. The molecule has 0 unspecified atom stereocenters. The lowest BCUT2D eigenvalue weighted by Gasteiger charge is -2.16. The SMILES string of the molecule is Cl.N[C@@H]1CCN(S(=O)(=O)c2ccc([N+](=O)[O-])c(Br)c2)C1. The zero-order valence-corrected chi connectivity index (χ0v) is 13.4. The van der Waals surface area contributed by atoms with Gasteiger partial charge < -0.3 is 5.73 Å². The van der Waals surface area contributed by atoms with Crippen LogP contribution in [-0.2, 0) is 10.0 Å². The standard InChI is InChI=1S/C10H12BrN3O4S.ClH/c11-9-5-8(1-2-10(9)14(15)16)19(17,18)13-4-3-7(12)6-13;/h1-2,5,7H,3-4,6,12H2;1H/t7-;/m1./s1. The van der Waals surface area contributed by atoms with Crippen LogP contribution in [-0.4, -0.2) is 36.8 Å². The van der Waals surface area contributed by atoms with Crippen LogP contribution in [0.1, 0.15) is 6.42 Å². The van der Waals surface area contributed by atoms with Gasteiger partial charge in [0.05, 0.1) is 14.3 Å². The van der Waals surface area contributed by atoms with Crippen molar-refractivity contribution in [2.75, 3.05) is 13.1 Å². The second-order valence-electron chi connectivity index (χ2n) is 4.28. The number of nitrogens with two attached hydrogens (primary N) is 1. The molecule has 1 aromatic rings. The lowest BCUT2D eigenvalue weighted by Crippen LogP contribution is -2.31. The van der Waals surface area contributed by atoms with Crippen LogP contribution < -0.4 is 5.73 Å². The zero-order valence-electron chi connectivity index (χ0n) is 10.2. The number of halogens is 2. The monoisotopic (exact) mass is 385 g/mol. The average molecular weight is 387 g/mol. The van der Waals surface area contributed by atoms with Gasteiger partial charge in [-0.05, 0) is 34.5 Å². The molecule has 1 aliphatic rings. The molecule has 0 radical (unpaired) electrons. The molecule has 20 heavy (non-hydrogen) atoms. The van der Waals surface area contributed by atoms with E-state index in [1.807, 2.05) is 0 Å². The zero-order chi connectivity index (χ0) is 14.2. The van der Waals surface area contributed by atoms with Crippen molar-refractivity contribution < 1.29 is 13.3 Å². The Morgan fingerprint density at radius 1 is 1.45 bits per heavy atom. The van der Waals surface area contributed by atoms with Crippen molar-refractivity contribution in [3.63, 3.8) is 0 Å². The van der Waals surface area contributed by atoms with Gasteiger partial charge in [0, 0.05) is 25.2 Å². The van der Waals surface area contributed by atoms with Crippen LogP contribution >= 0.6 is 28.3 Å². The summed E-state index contributed by atoms with van der Waals surface area (Å²) < 4.78 is 26.0. The maximum Gasteiger partial charge on any atom is 0.283 e. The molecule has 0 amide bonds. The Bertz CT molecular complexity index is 625. The molecule has 1 saturated heterocycles. The first-order valence-corrected chi connectivity index (χ1v) is 7.75. The highest BCUT2D eigenvalue weighted by Gasteiger charge is 2.31. The van der Waals surface area contributed by atoms with Crippen LogP contribution in [0.2, 0.25) is 0 Å². The molecule has 0 aromatic heterocycles. The maximum absolute atomic E-state index is 12.3. The van der Waals surface area contributed by atoms with Crippen LogP contribution in [0.15, 0.2) is 27.6 Å². The topological polar surface area (TPSA) is 107 Å². The minimum Gasteiger partial charge on any atom is -0.326 e. The summed E-state index contributed by atoms with van der Waals surface area (Å²) >= 11 is 3.01.